The average molecular weight is 246 g/mol. The number of nitrogens with one attached hydrogen (secondary N) is 1. The highest BCUT2D eigenvalue weighted by Gasteiger charge is 2.24. The van der Waals surface area contributed by atoms with Crippen molar-refractivity contribution in [1.29, 1.82) is 0 Å². The number of hydrogen-bond acceptors (Lipinski definition) is 4. The quantitative estimate of drug-likeness (QED) is 0.715. The molecule has 2 N–H and O–H groups in total. The Morgan fingerprint density at radius 2 is 2.31 bits per heavy atom. The zero-order valence-electron chi connectivity index (χ0n) is 9.44. The van der Waals surface area contributed by atoms with E-state index >= 15 is 0 Å². The third-order valence-electron chi connectivity index (χ3n) is 2.53. The number of thioether (sulfide) groups is 1. The van der Waals surface area contributed by atoms with Crippen LogP contribution >= 0.6 is 11.8 Å². The maximum absolute atomic E-state index is 10.7. The minimum absolute atomic E-state index is 0.0406. The van der Waals surface area contributed by atoms with Crippen LogP contribution in [0.2, 0.25) is 0 Å². The van der Waals surface area contributed by atoms with E-state index in [0.29, 0.717) is 6.54 Å². The van der Waals surface area contributed by atoms with Crippen molar-refractivity contribution < 1.29 is 14.7 Å². The first-order valence-corrected chi connectivity index (χ1v) is 6.53. The molecule has 0 aromatic heterocycles. The van der Waals surface area contributed by atoms with Crippen molar-refractivity contribution in [3.05, 3.63) is 0 Å². The van der Waals surface area contributed by atoms with E-state index < -0.39 is 5.97 Å². The second-order valence-corrected chi connectivity index (χ2v) is 5.00. The van der Waals surface area contributed by atoms with Gasteiger partial charge >= 0.3 is 5.97 Å². The second-order valence-electron chi connectivity index (χ2n) is 3.85. The summed E-state index contributed by atoms with van der Waals surface area (Å²) in [5.74, 6) is 1.11. The Kier molecular flexibility index (Phi) is 5.62. The van der Waals surface area contributed by atoms with Gasteiger partial charge in [-0.2, -0.15) is 11.8 Å². The molecule has 6 heteroatoms. The number of carboxylic acids is 1. The molecule has 0 bridgehead atoms. The van der Waals surface area contributed by atoms with Crippen LogP contribution in [0.3, 0.4) is 0 Å². The lowest BCUT2D eigenvalue weighted by Gasteiger charge is -2.34. The summed E-state index contributed by atoms with van der Waals surface area (Å²) >= 11 is 1.80. The summed E-state index contributed by atoms with van der Waals surface area (Å²) in [4.78, 5) is 23.6. The number of carbonyl (C=O) groups is 2. The van der Waals surface area contributed by atoms with Crippen molar-refractivity contribution in [2.45, 2.75) is 19.4 Å². The summed E-state index contributed by atoms with van der Waals surface area (Å²) in [6.45, 7) is 3.72. The first-order chi connectivity index (χ1) is 7.59. The van der Waals surface area contributed by atoms with Crippen LogP contribution in [-0.2, 0) is 9.59 Å². The van der Waals surface area contributed by atoms with Crippen LogP contribution in [-0.4, -0.2) is 59.1 Å². The molecule has 92 valence electrons. The third kappa shape index (κ3) is 4.85. The van der Waals surface area contributed by atoms with Crippen molar-refractivity contribution in [2.75, 3.05) is 31.1 Å². The highest BCUT2D eigenvalue weighted by Crippen LogP contribution is 2.18. The number of amides is 1. The zero-order valence-corrected chi connectivity index (χ0v) is 10.3. The lowest BCUT2D eigenvalue weighted by molar-refractivity contribution is -0.138. The first kappa shape index (κ1) is 13.3. The van der Waals surface area contributed by atoms with Crippen LogP contribution in [0.5, 0.6) is 0 Å². The molecule has 1 aliphatic heterocycles. The third-order valence-corrected chi connectivity index (χ3v) is 3.62. The summed E-state index contributed by atoms with van der Waals surface area (Å²) in [7, 11) is 0. The SMILES string of the molecule is CC(=O)NCCN1CCSCC1CC(=O)O. The highest BCUT2D eigenvalue weighted by molar-refractivity contribution is 7.99. The van der Waals surface area contributed by atoms with Gasteiger partial charge in [0.25, 0.3) is 0 Å². The standard InChI is InChI=1S/C10H18N2O3S/c1-8(13)11-2-3-12-4-5-16-7-9(12)6-10(14)15/h9H,2-7H2,1H3,(H,11,13)(H,14,15). The fourth-order valence-corrected chi connectivity index (χ4v) is 2.88. The van der Waals surface area contributed by atoms with Crippen LogP contribution in [0.1, 0.15) is 13.3 Å². The maximum atomic E-state index is 10.7. The maximum Gasteiger partial charge on any atom is 0.304 e. The Bertz CT molecular complexity index is 260. The molecule has 1 heterocycles. The average Bonchev–Trinajstić information content (AvgIpc) is 2.19. The van der Waals surface area contributed by atoms with Crippen molar-refractivity contribution >= 4 is 23.6 Å². The van der Waals surface area contributed by atoms with Gasteiger partial charge in [0, 0.05) is 44.1 Å². The van der Waals surface area contributed by atoms with Gasteiger partial charge in [-0.05, 0) is 0 Å². The van der Waals surface area contributed by atoms with Crippen molar-refractivity contribution in [3.63, 3.8) is 0 Å². The minimum atomic E-state index is -0.753. The molecular formula is C10H18N2O3S. The molecule has 1 fully saturated rings. The van der Waals surface area contributed by atoms with Crippen molar-refractivity contribution in [1.82, 2.24) is 10.2 Å². The smallest absolute Gasteiger partial charge is 0.304 e. The van der Waals surface area contributed by atoms with Gasteiger partial charge in [0.1, 0.15) is 0 Å². The van der Waals surface area contributed by atoms with Crippen LogP contribution in [0.15, 0.2) is 0 Å². The molecule has 1 atom stereocenters. The number of aliphatic carboxylic acids is 1. The molecule has 0 aromatic carbocycles. The number of carbonyl (C=O) groups excluding carboxylic acids is 1. The molecule has 1 amide bonds. The molecule has 0 aromatic rings. The van der Waals surface area contributed by atoms with Crippen LogP contribution in [0.25, 0.3) is 0 Å². The van der Waals surface area contributed by atoms with Crippen molar-refractivity contribution in [3.8, 4) is 0 Å². The summed E-state index contributed by atoms with van der Waals surface area (Å²) in [6.07, 6.45) is 0.188. The summed E-state index contributed by atoms with van der Waals surface area (Å²) in [5, 5.41) is 11.5. The van der Waals surface area contributed by atoms with Crippen LogP contribution < -0.4 is 5.32 Å². The van der Waals surface area contributed by atoms with Gasteiger partial charge in [0.05, 0.1) is 6.42 Å². The van der Waals surface area contributed by atoms with Gasteiger partial charge in [0.2, 0.25) is 5.91 Å². The summed E-state index contributed by atoms with van der Waals surface area (Å²) in [5.41, 5.74) is 0. The molecule has 16 heavy (non-hydrogen) atoms. The lowest BCUT2D eigenvalue weighted by atomic mass is 10.2. The largest absolute Gasteiger partial charge is 0.481 e. The Balaban J connectivity index is 2.34. The van der Waals surface area contributed by atoms with Gasteiger partial charge in [-0.25, -0.2) is 0 Å². The predicted octanol–water partition coefficient (Wildman–Crippen LogP) is 0.0146. The van der Waals surface area contributed by atoms with E-state index in [2.05, 4.69) is 10.2 Å². The van der Waals surface area contributed by atoms with Gasteiger partial charge in [0.15, 0.2) is 0 Å². The molecule has 1 aliphatic rings. The van der Waals surface area contributed by atoms with Gasteiger partial charge in [-0.1, -0.05) is 0 Å². The normalized spacial score (nSPS) is 21.7. The van der Waals surface area contributed by atoms with E-state index in [9.17, 15) is 9.59 Å². The predicted molar refractivity (Wildman–Crippen MR) is 63.6 cm³/mol. The topological polar surface area (TPSA) is 69.6 Å². The summed E-state index contributed by atoms with van der Waals surface area (Å²) in [6, 6.07) is 0.102. The van der Waals surface area contributed by atoms with Gasteiger partial charge in [-0.3, -0.25) is 14.5 Å². The molecule has 5 nitrogen and oxygen atoms in total. The molecule has 1 unspecified atom stereocenters. The summed E-state index contributed by atoms with van der Waals surface area (Å²) < 4.78 is 0. The van der Waals surface area contributed by atoms with Crippen LogP contribution in [0.4, 0.5) is 0 Å². The lowest BCUT2D eigenvalue weighted by Crippen LogP contribution is -2.46. The van der Waals surface area contributed by atoms with E-state index in [-0.39, 0.29) is 18.4 Å². The first-order valence-electron chi connectivity index (χ1n) is 5.37. The Morgan fingerprint density at radius 1 is 1.56 bits per heavy atom. The Labute approximate surface area is 99.6 Å². The number of nitrogens with zero attached hydrogens (tertiary/aromatic N) is 1. The van der Waals surface area contributed by atoms with E-state index in [4.69, 9.17) is 5.11 Å². The minimum Gasteiger partial charge on any atom is -0.481 e. The molecule has 0 radical (unpaired) electrons. The van der Waals surface area contributed by atoms with E-state index in [1.807, 2.05) is 0 Å². The number of carboxylic acid groups (broad SMARTS) is 1. The molecule has 0 spiro atoms. The van der Waals surface area contributed by atoms with Gasteiger partial charge in [-0.15, -0.1) is 0 Å². The monoisotopic (exact) mass is 246 g/mol. The highest BCUT2D eigenvalue weighted by atomic mass is 32.2. The van der Waals surface area contributed by atoms with Crippen molar-refractivity contribution in [2.24, 2.45) is 0 Å². The Morgan fingerprint density at radius 3 is 2.94 bits per heavy atom. The molecule has 1 rings (SSSR count). The zero-order chi connectivity index (χ0) is 12.0. The molecular weight excluding hydrogens is 228 g/mol. The number of rotatable bonds is 5. The second kappa shape index (κ2) is 6.75. The fraction of sp³-hybridized carbons (Fsp3) is 0.800. The van der Waals surface area contributed by atoms with E-state index in [0.717, 1.165) is 24.6 Å². The molecule has 1 saturated heterocycles. The van der Waals surface area contributed by atoms with E-state index in [1.165, 1.54) is 6.92 Å². The van der Waals surface area contributed by atoms with Crippen LogP contribution in [0, 0.1) is 0 Å². The Hall–Kier alpha value is -0.750. The van der Waals surface area contributed by atoms with E-state index in [1.54, 1.807) is 11.8 Å². The number of hydrogen-bond donors (Lipinski definition) is 2. The van der Waals surface area contributed by atoms with Gasteiger partial charge < -0.3 is 10.4 Å². The molecule has 0 aliphatic carbocycles. The fourth-order valence-electron chi connectivity index (χ4n) is 1.75. The molecule has 0 saturated carbocycles.